The van der Waals surface area contributed by atoms with Gasteiger partial charge in [0.25, 0.3) is 0 Å². The lowest BCUT2D eigenvalue weighted by Crippen LogP contribution is -2.36. The van der Waals surface area contributed by atoms with Gasteiger partial charge in [0, 0.05) is 16.1 Å². The van der Waals surface area contributed by atoms with Gasteiger partial charge in [-0.2, -0.15) is 0 Å². The largest absolute Gasteiger partial charge is 0.496 e. The quantitative estimate of drug-likeness (QED) is 0.827. The molecule has 0 amide bonds. The van der Waals surface area contributed by atoms with Crippen molar-refractivity contribution in [2.24, 2.45) is 11.5 Å². The van der Waals surface area contributed by atoms with Gasteiger partial charge in [0.05, 0.1) is 13.2 Å². The molecule has 1 atom stereocenters. The summed E-state index contributed by atoms with van der Waals surface area (Å²) in [6.07, 6.45) is 1.92. The summed E-state index contributed by atoms with van der Waals surface area (Å²) in [4.78, 5) is 0. The third-order valence-electron chi connectivity index (χ3n) is 2.97. The molecule has 1 aliphatic rings. The normalized spacial score (nSPS) is 19.7. The molecule has 1 aliphatic carbocycles. The van der Waals surface area contributed by atoms with E-state index < -0.39 is 0 Å². The van der Waals surface area contributed by atoms with Gasteiger partial charge in [-0.1, -0.05) is 11.6 Å². The Kier molecular flexibility index (Phi) is 2.63. The summed E-state index contributed by atoms with van der Waals surface area (Å²) in [5, 5.41) is 0.658. The molecule has 0 heterocycles. The van der Waals surface area contributed by atoms with Crippen LogP contribution in [0.15, 0.2) is 18.2 Å². The van der Waals surface area contributed by atoms with Crippen LogP contribution in [0, 0.1) is 0 Å². The number of nitrogens with two attached hydrogens (primary N) is 2. The van der Waals surface area contributed by atoms with Crippen molar-refractivity contribution < 1.29 is 4.74 Å². The smallest absolute Gasteiger partial charge is 0.123 e. The zero-order valence-electron chi connectivity index (χ0n) is 8.66. The van der Waals surface area contributed by atoms with Crippen LogP contribution in [0.2, 0.25) is 5.02 Å². The molecule has 0 aliphatic heterocycles. The Bertz CT molecular complexity index is 377. The van der Waals surface area contributed by atoms with Gasteiger partial charge in [-0.25, -0.2) is 0 Å². The van der Waals surface area contributed by atoms with Crippen LogP contribution in [-0.2, 0) is 0 Å². The summed E-state index contributed by atoms with van der Waals surface area (Å²) < 4.78 is 5.25. The van der Waals surface area contributed by atoms with Crippen LogP contribution in [0.1, 0.15) is 24.4 Å². The molecule has 1 fully saturated rings. The number of benzene rings is 1. The predicted molar refractivity (Wildman–Crippen MR) is 61.1 cm³/mol. The average Bonchev–Trinajstić information content (AvgIpc) is 2.96. The van der Waals surface area contributed by atoms with Gasteiger partial charge in [-0.3, -0.25) is 0 Å². The topological polar surface area (TPSA) is 61.3 Å². The van der Waals surface area contributed by atoms with Crippen LogP contribution in [0.4, 0.5) is 0 Å². The molecule has 3 nitrogen and oxygen atoms in total. The Hall–Kier alpha value is -0.770. The minimum atomic E-state index is -0.266. The molecule has 15 heavy (non-hydrogen) atoms. The van der Waals surface area contributed by atoms with Crippen molar-refractivity contribution in [2.45, 2.75) is 24.4 Å². The molecule has 1 saturated carbocycles. The minimum absolute atomic E-state index is 0.203. The second-order valence-corrected chi connectivity index (χ2v) is 4.53. The maximum atomic E-state index is 6.12. The number of methoxy groups -OCH3 is 1. The van der Waals surface area contributed by atoms with Crippen LogP contribution >= 0.6 is 11.6 Å². The monoisotopic (exact) mass is 226 g/mol. The molecule has 1 aromatic rings. The van der Waals surface area contributed by atoms with Crippen molar-refractivity contribution in [3.8, 4) is 5.75 Å². The zero-order chi connectivity index (χ0) is 11.1. The van der Waals surface area contributed by atoms with E-state index in [2.05, 4.69) is 0 Å². The van der Waals surface area contributed by atoms with E-state index in [0.29, 0.717) is 5.02 Å². The number of ether oxygens (including phenoxy) is 1. The van der Waals surface area contributed by atoms with Crippen molar-refractivity contribution in [1.82, 2.24) is 0 Å². The number of hydrogen-bond acceptors (Lipinski definition) is 3. The lowest BCUT2D eigenvalue weighted by Gasteiger charge is -2.21. The highest BCUT2D eigenvalue weighted by Gasteiger charge is 2.45. The molecular formula is C11H15ClN2O. The molecule has 4 heteroatoms. The highest BCUT2D eigenvalue weighted by molar-refractivity contribution is 6.30. The van der Waals surface area contributed by atoms with E-state index in [0.717, 1.165) is 24.2 Å². The first-order chi connectivity index (χ1) is 7.07. The summed E-state index contributed by atoms with van der Waals surface area (Å²) >= 11 is 5.94. The molecule has 2 rings (SSSR count). The van der Waals surface area contributed by atoms with Gasteiger partial charge in [0.15, 0.2) is 0 Å². The Morgan fingerprint density at radius 2 is 2.13 bits per heavy atom. The second-order valence-electron chi connectivity index (χ2n) is 4.10. The van der Waals surface area contributed by atoms with Crippen molar-refractivity contribution in [1.29, 1.82) is 0 Å². The molecule has 0 bridgehead atoms. The van der Waals surface area contributed by atoms with Gasteiger partial charge in [-0.05, 0) is 31.0 Å². The molecule has 0 radical (unpaired) electrons. The van der Waals surface area contributed by atoms with Gasteiger partial charge in [-0.15, -0.1) is 0 Å². The second kappa shape index (κ2) is 3.67. The van der Waals surface area contributed by atoms with E-state index in [1.54, 1.807) is 13.2 Å². The zero-order valence-corrected chi connectivity index (χ0v) is 9.42. The van der Waals surface area contributed by atoms with E-state index in [1.165, 1.54) is 0 Å². The van der Waals surface area contributed by atoms with E-state index >= 15 is 0 Å². The standard InChI is InChI=1S/C11H15ClN2O/c1-15-9-3-2-7(12)6-8(9)10(13)11(14)4-5-11/h2-3,6,10H,4-5,13-14H2,1H3. The van der Waals surface area contributed by atoms with Crippen molar-refractivity contribution in [3.63, 3.8) is 0 Å². The fourth-order valence-electron chi connectivity index (χ4n) is 1.71. The first-order valence-electron chi connectivity index (χ1n) is 4.95. The fourth-order valence-corrected chi connectivity index (χ4v) is 1.89. The summed E-state index contributed by atoms with van der Waals surface area (Å²) in [6.45, 7) is 0. The molecular weight excluding hydrogens is 212 g/mol. The van der Waals surface area contributed by atoms with Crippen LogP contribution in [0.25, 0.3) is 0 Å². The summed E-state index contributed by atoms with van der Waals surface area (Å²) in [7, 11) is 1.62. The molecule has 0 spiro atoms. The lowest BCUT2D eigenvalue weighted by atomic mass is 9.98. The SMILES string of the molecule is COc1ccc(Cl)cc1C(N)C1(N)CC1. The third-order valence-corrected chi connectivity index (χ3v) is 3.21. The Balaban J connectivity index is 2.36. The van der Waals surface area contributed by atoms with Crippen molar-refractivity contribution in [2.75, 3.05) is 7.11 Å². The van der Waals surface area contributed by atoms with Crippen LogP contribution < -0.4 is 16.2 Å². The highest BCUT2D eigenvalue weighted by atomic mass is 35.5. The van der Waals surface area contributed by atoms with E-state index in [1.807, 2.05) is 12.1 Å². The van der Waals surface area contributed by atoms with Gasteiger partial charge < -0.3 is 16.2 Å². The number of rotatable bonds is 3. The minimum Gasteiger partial charge on any atom is -0.496 e. The predicted octanol–water partition coefficient (Wildman–Crippen LogP) is 1.84. The molecule has 0 aromatic heterocycles. The first kappa shape index (κ1) is 10.7. The Labute approximate surface area is 94.3 Å². The first-order valence-corrected chi connectivity index (χ1v) is 5.32. The van der Waals surface area contributed by atoms with Crippen molar-refractivity contribution >= 4 is 11.6 Å². The summed E-state index contributed by atoms with van der Waals surface area (Å²) in [5.41, 5.74) is 12.8. The molecule has 1 unspecified atom stereocenters. The molecule has 82 valence electrons. The highest BCUT2D eigenvalue weighted by Crippen LogP contribution is 2.44. The van der Waals surface area contributed by atoms with Crippen molar-refractivity contribution in [3.05, 3.63) is 28.8 Å². The Morgan fingerprint density at radius 1 is 1.47 bits per heavy atom. The maximum Gasteiger partial charge on any atom is 0.123 e. The van der Waals surface area contributed by atoms with Crippen LogP contribution in [0.3, 0.4) is 0 Å². The van der Waals surface area contributed by atoms with Gasteiger partial charge in [0.1, 0.15) is 5.75 Å². The van der Waals surface area contributed by atoms with E-state index in [9.17, 15) is 0 Å². The number of halogens is 1. The van der Waals surface area contributed by atoms with Gasteiger partial charge in [0.2, 0.25) is 0 Å². The molecule has 0 saturated heterocycles. The van der Waals surface area contributed by atoms with Crippen LogP contribution in [0.5, 0.6) is 5.75 Å². The summed E-state index contributed by atoms with van der Waals surface area (Å²) in [6, 6.07) is 5.24. The summed E-state index contributed by atoms with van der Waals surface area (Å²) in [5.74, 6) is 0.753. The van der Waals surface area contributed by atoms with E-state index in [4.69, 9.17) is 27.8 Å². The van der Waals surface area contributed by atoms with Gasteiger partial charge >= 0.3 is 0 Å². The average molecular weight is 227 g/mol. The molecule has 4 N–H and O–H groups in total. The lowest BCUT2D eigenvalue weighted by molar-refractivity contribution is 0.398. The molecule has 1 aromatic carbocycles. The fraction of sp³-hybridized carbons (Fsp3) is 0.455. The third kappa shape index (κ3) is 1.95. The maximum absolute atomic E-state index is 6.12. The Morgan fingerprint density at radius 3 is 2.67 bits per heavy atom. The number of hydrogen-bond donors (Lipinski definition) is 2. The van der Waals surface area contributed by atoms with Crippen LogP contribution in [-0.4, -0.2) is 12.6 Å². The van der Waals surface area contributed by atoms with E-state index in [-0.39, 0.29) is 11.6 Å².